The lowest BCUT2D eigenvalue weighted by atomic mass is 10.1. The number of likely N-dealkylation sites (tertiary alicyclic amines) is 1. The minimum Gasteiger partial charge on any atom is -0.504 e. The molecule has 1 saturated heterocycles. The minimum absolute atomic E-state index is 0.0227. The Morgan fingerprint density at radius 3 is 2.94 bits per heavy atom. The number of benzene rings is 1. The van der Waals surface area contributed by atoms with Gasteiger partial charge >= 0.3 is 0 Å². The first-order valence-electron chi connectivity index (χ1n) is 5.92. The van der Waals surface area contributed by atoms with Gasteiger partial charge < -0.3 is 14.7 Å². The van der Waals surface area contributed by atoms with Gasteiger partial charge in [-0.15, -0.1) is 11.6 Å². The number of amides is 1. The summed E-state index contributed by atoms with van der Waals surface area (Å²) in [6.45, 7) is 1.28. The van der Waals surface area contributed by atoms with E-state index < -0.39 is 0 Å². The molecule has 0 spiro atoms. The summed E-state index contributed by atoms with van der Waals surface area (Å²) in [5.41, 5.74) is 0.457. The van der Waals surface area contributed by atoms with Gasteiger partial charge in [-0.25, -0.2) is 0 Å². The van der Waals surface area contributed by atoms with Gasteiger partial charge in [-0.05, 0) is 31.0 Å². The predicted octanol–water partition coefficient (Wildman–Crippen LogP) is 2.24. The number of alkyl halides is 1. The lowest BCUT2D eigenvalue weighted by Gasteiger charge is -2.29. The molecule has 1 aliphatic rings. The maximum absolute atomic E-state index is 12.2. The van der Waals surface area contributed by atoms with Gasteiger partial charge in [-0.3, -0.25) is 4.79 Å². The Morgan fingerprint density at radius 2 is 2.33 bits per heavy atom. The number of halogens is 1. The van der Waals surface area contributed by atoms with Gasteiger partial charge in [0.25, 0.3) is 5.91 Å². The second-order valence-corrected chi connectivity index (χ2v) is 4.99. The summed E-state index contributed by atoms with van der Waals surface area (Å²) in [5, 5.41) is 9.69. The van der Waals surface area contributed by atoms with Gasteiger partial charge in [0.05, 0.1) is 12.5 Å². The number of nitrogens with zero attached hydrogens (tertiary/aromatic N) is 1. The van der Waals surface area contributed by atoms with E-state index in [2.05, 4.69) is 0 Å². The summed E-state index contributed by atoms with van der Waals surface area (Å²) in [6, 6.07) is 4.67. The zero-order valence-corrected chi connectivity index (χ0v) is 11.0. The average molecular weight is 270 g/mol. The van der Waals surface area contributed by atoms with E-state index in [0.29, 0.717) is 17.9 Å². The van der Waals surface area contributed by atoms with Crippen LogP contribution in [-0.4, -0.2) is 41.5 Å². The molecule has 1 fully saturated rings. The molecule has 0 bridgehead atoms. The lowest BCUT2D eigenvalue weighted by molar-refractivity contribution is 0.0726. The number of methoxy groups -OCH3 is 1. The molecule has 5 heteroatoms. The fraction of sp³-hybridized carbons (Fsp3) is 0.462. The first kappa shape index (κ1) is 13.0. The first-order chi connectivity index (χ1) is 8.61. The van der Waals surface area contributed by atoms with Crippen LogP contribution in [0.1, 0.15) is 23.2 Å². The Kier molecular flexibility index (Phi) is 3.97. The molecular weight excluding hydrogens is 254 g/mol. The Labute approximate surface area is 111 Å². The van der Waals surface area contributed by atoms with E-state index in [4.69, 9.17) is 16.3 Å². The number of carbonyl (C=O) groups excluding carboxylic acids is 1. The fourth-order valence-electron chi connectivity index (χ4n) is 2.12. The smallest absolute Gasteiger partial charge is 0.254 e. The molecule has 0 aromatic heterocycles. The van der Waals surface area contributed by atoms with E-state index >= 15 is 0 Å². The number of hydrogen-bond donors (Lipinski definition) is 1. The van der Waals surface area contributed by atoms with Gasteiger partial charge in [0, 0.05) is 18.7 Å². The largest absolute Gasteiger partial charge is 0.504 e. The quantitative estimate of drug-likeness (QED) is 0.838. The molecule has 1 atom stereocenters. The van der Waals surface area contributed by atoms with Crippen molar-refractivity contribution in [1.29, 1.82) is 0 Å². The third-order valence-corrected chi connectivity index (χ3v) is 3.43. The molecule has 18 heavy (non-hydrogen) atoms. The Hall–Kier alpha value is -1.42. The van der Waals surface area contributed by atoms with Crippen LogP contribution in [0.15, 0.2) is 18.2 Å². The maximum Gasteiger partial charge on any atom is 0.254 e. The van der Waals surface area contributed by atoms with Crippen molar-refractivity contribution in [2.45, 2.75) is 18.2 Å². The van der Waals surface area contributed by atoms with E-state index in [0.717, 1.165) is 19.4 Å². The van der Waals surface area contributed by atoms with Crippen LogP contribution in [0.2, 0.25) is 0 Å². The van der Waals surface area contributed by atoms with Gasteiger partial charge in [-0.2, -0.15) is 0 Å². The molecule has 1 heterocycles. The zero-order valence-electron chi connectivity index (χ0n) is 10.2. The molecule has 0 aliphatic carbocycles. The molecule has 1 unspecified atom stereocenters. The summed E-state index contributed by atoms with van der Waals surface area (Å²) in [5.74, 6) is 0.238. The second-order valence-electron chi connectivity index (χ2n) is 4.38. The number of aromatic hydroxyl groups is 1. The summed E-state index contributed by atoms with van der Waals surface area (Å²) in [6.07, 6.45) is 1.86. The number of hydrogen-bond acceptors (Lipinski definition) is 3. The van der Waals surface area contributed by atoms with Crippen LogP contribution in [0.4, 0.5) is 0 Å². The van der Waals surface area contributed by atoms with Crippen molar-refractivity contribution in [3.63, 3.8) is 0 Å². The lowest BCUT2D eigenvalue weighted by Crippen LogP contribution is -2.40. The molecule has 4 nitrogen and oxygen atoms in total. The molecule has 0 radical (unpaired) electrons. The maximum atomic E-state index is 12.2. The normalized spacial score (nSPS) is 19.7. The number of piperidine rings is 1. The molecule has 1 aromatic rings. The zero-order chi connectivity index (χ0) is 13.1. The first-order valence-corrected chi connectivity index (χ1v) is 6.36. The summed E-state index contributed by atoms with van der Waals surface area (Å²) in [7, 11) is 1.47. The van der Waals surface area contributed by atoms with Crippen molar-refractivity contribution in [1.82, 2.24) is 4.90 Å². The summed E-state index contributed by atoms with van der Waals surface area (Å²) in [4.78, 5) is 13.9. The number of phenols is 1. The highest BCUT2D eigenvalue weighted by atomic mass is 35.5. The minimum atomic E-state index is -0.0988. The van der Waals surface area contributed by atoms with Crippen molar-refractivity contribution in [3.8, 4) is 11.5 Å². The Bertz CT molecular complexity index is 450. The Balaban J connectivity index is 2.15. The Morgan fingerprint density at radius 1 is 1.56 bits per heavy atom. The predicted molar refractivity (Wildman–Crippen MR) is 69.4 cm³/mol. The molecule has 98 valence electrons. The van der Waals surface area contributed by atoms with Crippen LogP contribution in [0.25, 0.3) is 0 Å². The standard InChI is InChI=1S/C13H16ClNO3/c1-18-12-5-4-9(7-11(12)16)13(17)15-6-2-3-10(14)8-15/h4-5,7,10,16H,2-3,6,8H2,1H3. The van der Waals surface area contributed by atoms with Gasteiger partial charge in [0.1, 0.15) is 0 Å². The van der Waals surface area contributed by atoms with Gasteiger partial charge in [0.15, 0.2) is 11.5 Å². The van der Waals surface area contributed by atoms with Crippen LogP contribution in [0.5, 0.6) is 11.5 Å². The number of ether oxygens (including phenoxy) is 1. The fourth-order valence-corrected chi connectivity index (χ4v) is 2.44. The number of carbonyl (C=O) groups is 1. The summed E-state index contributed by atoms with van der Waals surface area (Å²) < 4.78 is 4.95. The van der Waals surface area contributed by atoms with Crippen LogP contribution in [0.3, 0.4) is 0 Å². The van der Waals surface area contributed by atoms with E-state index in [-0.39, 0.29) is 17.0 Å². The summed E-state index contributed by atoms with van der Waals surface area (Å²) >= 11 is 6.06. The highest BCUT2D eigenvalue weighted by molar-refractivity contribution is 6.21. The third kappa shape index (κ3) is 2.70. The number of phenolic OH excluding ortho intramolecular Hbond substituents is 1. The van der Waals surface area contributed by atoms with Crippen molar-refractivity contribution in [3.05, 3.63) is 23.8 Å². The van der Waals surface area contributed by atoms with Gasteiger partial charge in [-0.1, -0.05) is 0 Å². The highest BCUT2D eigenvalue weighted by Crippen LogP contribution is 2.27. The molecule has 1 N–H and O–H groups in total. The van der Waals surface area contributed by atoms with E-state index in [1.54, 1.807) is 17.0 Å². The van der Waals surface area contributed by atoms with Crippen molar-refractivity contribution >= 4 is 17.5 Å². The van der Waals surface area contributed by atoms with Crippen molar-refractivity contribution in [2.24, 2.45) is 0 Å². The van der Waals surface area contributed by atoms with Crippen molar-refractivity contribution in [2.75, 3.05) is 20.2 Å². The molecular formula is C13H16ClNO3. The van der Waals surface area contributed by atoms with E-state index in [9.17, 15) is 9.90 Å². The van der Waals surface area contributed by atoms with Crippen LogP contribution >= 0.6 is 11.6 Å². The molecule has 2 rings (SSSR count). The SMILES string of the molecule is COc1ccc(C(=O)N2CCCC(Cl)C2)cc1O. The van der Waals surface area contributed by atoms with Gasteiger partial charge in [0.2, 0.25) is 0 Å². The number of rotatable bonds is 2. The van der Waals surface area contributed by atoms with Crippen molar-refractivity contribution < 1.29 is 14.6 Å². The molecule has 1 amide bonds. The monoisotopic (exact) mass is 269 g/mol. The van der Waals surface area contributed by atoms with Crippen LogP contribution in [0, 0.1) is 0 Å². The van der Waals surface area contributed by atoms with E-state index in [1.807, 2.05) is 0 Å². The van der Waals surface area contributed by atoms with Crippen LogP contribution < -0.4 is 4.74 Å². The topological polar surface area (TPSA) is 49.8 Å². The average Bonchev–Trinajstić information content (AvgIpc) is 2.37. The molecule has 1 aromatic carbocycles. The molecule has 1 aliphatic heterocycles. The highest BCUT2D eigenvalue weighted by Gasteiger charge is 2.23. The third-order valence-electron chi connectivity index (χ3n) is 3.08. The second kappa shape index (κ2) is 5.48. The van der Waals surface area contributed by atoms with E-state index in [1.165, 1.54) is 13.2 Å². The molecule has 0 saturated carbocycles. The van der Waals surface area contributed by atoms with Crippen LogP contribution in [-0.2, 0) is 0 Å².